The number of hydrogen-bond donors (Lipinski definition) is 1. The highest BCUT2D eigenvalue weighted by Crippen LogP contribution is 2.22. The Hall–Kier alpha value is -0.250. The molecule has 0 aromatic carbocycles. The summed E-state index contributed by atoms with van der Waals surface area (Å²) in [7, 11) is -0.410. The van der Waals surface area contributed by atoms with E-state index in [1.165, 1.54) is 8.61 Å². The number of nitrogens with zero attached hydrogens (tertiary/aromatic N) is 2. The maximum atomic E-state index is 12.8. The van der Waals surface area contributed by atoms with Crippen molar-refractivity contribution in [3.63, 3.8) is 0 Å². The molecule has 1 N–H and O–H groups in total. The van der Waals surface area contributed by atoms with Crippen LogP contribution in [0.2, 0.25) is 0 Å². The summed E-state index contributed by atoms with van der Waals surface area (Å²) in [5, 5.41) is 9.15. The van der Waals surface area contributed by atoms with Crippen molar-refractivity contribution in [1.29, 1.82) is 0 Å². The van der Waals surface area contributed by atoms with Crippen LogP contribution in [0.4, 0.5) is 0 Å². The van der Waals surface area contributed by atoms with Crippen LogP contribution in [-0.2, 0) is 19.7 Å². The van der Waals surface area contributed by atoms with Gasteiger partial charge in [-0.15, -0.1) is 0 Å². The van der Waals surface area contributed by atoms with Crippen molar-refractivity contribution >= 4 is 10.2 Å². The van der Waals surface area contributed by atoms with Gasteiger partial charge in [0.15, 0.2) is 0 Å². The van der Waals surface area contributed by atoms with E-state index in [0.717, 1.165) is 0 Å². The van der Waals surface area contributed by atoms with E-state index < -0.39 is 10.2 Å². The minimum absolute atomic E-state index is 0.126. The lowest BCUT2D eigenvalue weighted by atomic mass is 10.00. The zero-order valence-electron chi connectivity index (χ0n) is 13.2. The maximum absolute atomic E-state index is 12.8. The zero-order chi connectivity index (χ0) is 15.9. The molecule has 0 aromatic rings. The van der Waals surface area contributed by atoms with E-state index >= 15 is 0 Å². The summed E-state index contributed by atoms with van der Waals surface area (Å²) in [6, 6.07) is -0.245. The van der Waals surface area contributed by atoms with Gasteiger partial charge in [-0.3, -0.25) is 0 Å². The van der Waals surface area contributed by atoms with Gasteiger partial charge < -0.3 is 14.6 Å². The molecule has 7 nitrogen and oxygen atoms in total. The first kappa shape index (κ1) is 18.8. The number of methoxy groups -OCH3 is 2. The van der Waals surface area contributed by atoms with Crippen molar-refractivity contribution in [1.82, 2.24) is 8.61 Å². The first-order chi connectivity index (χ1) is 9.97. The van der Waals surface area contributed by atoms with Crippen LogP contribution < -0.4 is 0 Å². The van der Waals surface area contributed by atoms with Gasteiger partial charge in [-0.05, 0) is 25.7 Å². The summed E-state index contributed by atoms with van der Waals surface area (Å²) in [6.45, 7) is 3.87. The van der Waals surface area contributed by atoms with Gasteiger partial charge in [0.1, 0.15) is 0 Å². The molecule has 0 aliphatic carbocycles. The standard InChI is InChI=1S/C13H28N2O5S/c1-12(11-20-3)15(8-9-19-2)21(17,18)14-6-4-13(10-16)5-7-14/h12-13,16H,4-11H2,1-3H3. The molecule has 0 aromatic heterocycles. The smallest absolute Gasteiger partial charge is 0.282 e. The maximum Gasteiger partial charge on any atom is 0.282 e. The first-order valence-electron chi connectivity index (χ1n) is 7.33. The Morgan fingerprint density at radius 1 is 1.29 bits per heavy atom. The van der Waals surface area contributed by atoms with Gasteiger partial charge in [0, 0.05) is 46.5 Å². The molecule has 1 unspecified atom stereocenters. The molecule has 1 rings (SSSR count). The highest BCUT2D eigenvalue weighted by atomic mass is 32.2. The highest BCUT2D eigenvalue weighted by Gasteiger charge is 2.35. The van der Waals surface area contributed by atoms with Crippen LogP contribution in [0.1, 0.15) is 19.8 Å². The van der Waals surface area contributed by atoms with Gasteiger partial charge in [-0.2, -0.15) is 17.0 Å². The van der Waals surface area contributed by atoms with Crippen LogP contribution in [0.25, 0.3) is 0 Å². The van der Waals surface area contributed by atoms with E-state index in [2.05, 4.69) is 0 Å². The number of ether oxygens (including phenoxy) is 2. The van der Waals surface area contributed by atoms with E-state index in [9.17, 15) is 8.42 Å². The number of rotatable bonds is 9. The number of piperidine rings is 1. The van der Waals surface area contributed by atoms with Crippen molar-refractivity contribution in [3.8, 4) is 0 Å². The van der Waals surface area contributed by atoms with Crippen LogP contribution in [0.3, 0.4) is 0 Å². The molecule has 1 aliphatic heterocycles. The second-order valence-corrected chi connectivity index (χ2v) is 7.32. The van der Waals surface area contributed by atoms with E-state index in [4.69, 9.17) is 14.6 Å². The van der Waals surface area contributed by atoms with Crippen LogP contribution in [-0.4, -0.2) is 81.9 Å². The monoisotopic (exact) mass is 324 g/mol. The number of hydrogen-bond acceptors (Lipinski definition) is 5. The van der Waals surface area contributed by atoms with Gasteiger partial charge >= 0.3 is 0 Å². The Kier molecular flexibility index (Phi) is 8.07. The lowest BCUT2D eigenvalue weighted by Crippen LogP contribution is -2.52. The summed E-state index contributed by atoms with van der Waals surface area (Å²) in [6.07, 6.45) is 1.40. The first-order valence-corrected chi connectivity index (χ1v) is 8.72. The van der Waals surface area contributed by atoms with Crippen LogP contribution in [0.15, 0.2) is 0 Å². The molecule has 21 heavy (non-hydrogen) atoms. The zero-order valence-corrected chi connectivity index (χ0v) is 14.0. The average molecular weight is 324 g/mol. The summed E-state index contributed by atoms with van der Waals surface area (Å²) in [4.78, 5) is 0. The molecule has 1 saturated heterocycles. The fraction of sp³-hybridized carbons (Fsp3) is 1.00. The summed E-state index contributed by atoms with van der Waals surface area (Å²) in [5.41, 5.74) is 0. The quantitative estimate of drug-likeness (QED) is 0.642. The minimum Gasteiger partial charge on any atom is -0.396 e. The van der Waals surface area contributed by atoms with E-state index in [1.54, 1.807) is 14.2 Å². The second-order valence-electron chi connectivity index (χ2n) is 5.44. The summed E-state index contributed by atoms with van der Waals surface area (Å²) < 4.78 is 38.6. The van der Waals surface area contributed by atoms with Crippen LogP contribution >= 0.6 is 0 Å². The summed E-state index contributed by atoms with van der Waals surface area (Å²) >= 11 is 0. The molecule has 0 bridgehead atoms. The average Bonchev–Trinajstić information content (AvgIpc) is 2.47. The van der Waals surface area contributed by atoms with Gasteiger partial charge in [-0.1, -0.05) is 0 Å². The van der Waals surface area contributed by atoms with Crippen molar-refractivity contribution in [2.75, 3.05) is 53.7 Å². The molecule has 1 fully saturated rings. The lowest BCUT2D eigenvalue weighted by molar-refractivity contribution is 0.111. The van der Waals surface area contributed by atoms with Crippen molar-refractivity contribution in [3.05, 3.63) is 0 Å². The van der Waals surface area contributed by atoms with Crippen molar-refractivity contribution in [2.24, 2.45) is 5.92 Å². The van der Waals surface area contributed by atoms with Gasteiger partial charge in [0.05, 0.1) is 13.2 Å². The largest absolute Gasteiger partial charge is 0.396 e. The molecular weight excluding hydrogens is 296 g/mol. The molecule has 0 radical (unpaired) electrons. The minimum atomic E-state index is -3.52. The van der Waals surface area contributed by atoms with Crippen LogP contribution in [0.5, 0.6) is 0 Å². The van der Waals surface area contributed by atoms with Crippen LogP contribution in [0, 0.1) is 5.92 Å². The lowest BCUT2D eigenvalue weighted by Gasteiger charge is -2.36. The Bertz CT molecular complexity index is 382. The Balaban J connectivity index is 2.78. The summed E-state index contributed by atoms with van der Waals surface area (Å²) in [5.74, 6) is 0.209. The number of aliphatic hydroxyl groups excluding tert-OH is 1. The molecule has 1 atom stereocenters. The van der Waals surface area contributed by atoms with Gasteiger partial charge in [0.2, 0.25) is 0 Å². The molecule has 0 spiro atoms. The fourth-order valence-corrected chi connectivity index (χ4v) is 4.33. The predicted molar refractivity (Wildman–Crippen MR) is 80.2 cm³/mol. The second kappa shape index (κ2) is 9.02. The highest BCUT2D eigenvalue weighted by molar-refractivity contribution is 7.86. The normalized spacial score (nSPS) is 20.0. The third kappa shape index (κ3) is 5.15. The topological polar surface area (TPSA) is 79.3 Å². The molecule has 1 aliphatic rings. The van der Waals surface area contributed by atoms with E-state index in [-0.39, 0.29) is 18.6 Å². The third-order valence-corrected chi connectivity index (χ3v) is 6.02. The van der Waals surface area contributed by atoms with E-state index in [1.807, 2.05) is 6.92 Å². The predicted octanol–water partition coefficient (Wildman–Crippen LogP) is -0.0812. The molecule has 126 valence electrons. The Morgan fingerprint density at radius 3 is 2.38 bits per heavy atom. The Labute approximate surface area is 128 Å². The molecule has 0 saturated carbocycles. The van der Waals surface area contributed by atoms with Gasteiger partial charge in [-0.25, -0.2) is 0 Å². The molecule has 1 heterocycles. The molecular formula is C13H28N2O5S. The SMILES string of the molecule is COCCN(C(C)COC)S(=O)(=O)N1CCC(CO)CC1. The van der Waals surface area contributed by atoms with Crippen molar-refractivity contribution < 1.29 is 23.0 Å². The number of aliphatic hydroxyl groups is 1. The van der Waals surface area contributed by atoms with E-state index in [0.29, 0.717) is 45.7 Å². The fourth-order valence-electron chi connectivity index (χ4n) is 2.54. The van der Waals surface area contributed by atoms with Crippen molar-refractivity contribution in [2.45, 2.75) is 25.8 Å². The molecule has 8 heteroatoms. The van der Waals surface area contributed by atoms with Gasteiger partial charge in [0.25, 0.3) is 10.2 Å². The third-order valence-electron chi connectivity index (χ3n) is 3.87. The Morgan fingerprint density at radius 2 is 1.90 bits per heavy atom. The molecule has 0 amide bonds.